The standard InChI is InChI=1S/C17H28N2/c1-13-7-14(2)9-15(8-13)19-11-16(3,4)10-18-17(5,6)12-19/h7-9,18H,10-12H2,1-6H3. The molecule has 0 aliphatic carbocycles. The minimum atomic E-state index is 0.158. The first-order valence-electron chi connectivity index (χ1n) is 7.25. The summed E-state index contributed by atoms with van der Waals surface area (Å²) >= 11 is 0. The summed E-state index contributed by atoms with van der Waals surface area (Å²) in [7, 11) is 0. The van der Waals surface area contributed by atoms with E-state index in [1.54, 1.807) is 0 Å². The predicted molar refractivity (Wildman–Crippen MR) is 84.0 cm³/mol. The lowest BCUT2D eigenvalue weighted by atomic mass is 9.93. The average molecular weight is 260 g/mol. The van der Waals surface area contributed by atoms with Gasteiger partial charge in [0.1, 0.15) is 0 Å². The number of aryl methyl sites for hydroxylation is 2. The van der Waals surface area contributed by atoms with E-state index in [0.29, 0.717) is 5.41 Å². The Morgan fingerprint density at radius 2 is 1.53 bits per heavy atom. The fourth-order valence-electron chi connectivity index (χ4n) is 2.96. The van der Waals surface area contributed by atoms with Gasteiger partial charge >= 0.3 is 0 Å². The zero-order chi connectivity index (χ0) is 14.3. The Balaban J connectivity index is 2.34. The minimum absolute atomic E-state index is 0.158. The third-order valence-corrected chi connectivity index (χ3v) is 3.82. The van der Waals surface area contributed by atoms with Crippen LogP contribution in [0.3, 0.4) is 0 Å². The van der Waals surface area contributed by atoms with Gasteiger partial charge in [0, 0.05) is 30.9 Å². The molecule has 2 nitrogen and oxygen atoms in total. The second-order valence-corrected chi connectivity index (χ2v) is 7.60. The topological polar surface area (TPSA) is 15.3 Å². The van der Waals surface area contributed by atoms with Crippen LogP contribution in [-0.2, 0) is 0 Å². The van der Waals surface area contributed by atoms with Crippen LogP contribution < -0.4 is 10.2 Å². The van der Waals surface area contributed by atoms with Crippen molar-refractivity contribution >= 4 is 5.69 Å². The normalized spacial score (nSPS) is 22.1. The van der Waals surface area contributed by atoms with Gasteiger partial charge in [0.05, 0.1) is 0 Å². The Labute approximate surface area is 118 Å². The van der Waals surface area contributed by atoms with Crippen molar-refractivity contribution in [1.29, 1.82) is 0 Å². The molecule has 19 heavy (non-hydrogen) atoms. The molecule has 1 aliphatic heterocycles. The van der Waals surface area contributed by atoms with Crippen LogP contribution in [0.2, 0.25) is 0 Å². The summed E-state index contributed by atoms with van der Waals surface area (Å²) in [6.45, 7) is 16.9. The van der Waals surface area contributed by atoms with Gasteiger partial charge in [-0.25, -0.2) is 0 Å². The number of rotatable bonds is 1. The van der Waals surface area contributed by atoms with Gasteiger partial charge in [0.15, 0.2) is 0 Å². The Kier molecular flexibility index (Phi) is 3.65. The first kappa shape index (κ1) is 14.4. The van der Waals surface area contributed by atoms with Crippen molar-refractivity contribution in [1.82, 2.24) is 5.32 Å². The Morgan fingerprint density at radius 3 is 2.11 bits per heavy atom. The molecular weight excluding hydrogens is 232 g/mol. The molecule has 0 amide bonds. The first-order valence-corrected chi connectivity index (χ1v) is 7.25. The molecule has 1 saturated heterocycles. The Morgan fingerprint density at radius 1 is 0.947 bits per heavy atom. The van der Waals surface area contributed by atoms with Crippen molar-refractivity contribution in [2.24, 2.45) is 5.41 Å². The fraction of sp³-hybridized carbons (Fsp3) is 0.647. The van der Waals surface area contributed by atoms with Crippen molar-refractivity contribution in [3.05, 3.63) is 29.3 Å². The highest BCUT2D eigenvalue weighted by atomic mass is 15.2. The van der Waals surface area contributed by atoms with E-state index in [9.17, 15) is 0 Å². The van der Waals surface area contributed by atoms with Gasteiger partial charge in [-0.15, -0.1) is 0 Å². The highest BCUT2D eigenvalue weighted by Gasteiger charge is 2.32. The molecule has 106 valence electrons. The molecule has 1 aliphatic rings. The summed E-state index contributed by atoms with van der Waals surface area (Å²) in [5, 5.41) is 3.70. The van der Waals surface area contributed by atoms with E-state index in [-0.39, 0.29) is 5.54 Å². The van der Waals surface area contributed by atoms with Gasteiger partial charge in [-0.1, -0.05) is 19.9 Å². The van der Waals surface area contributed by atoms with E-state index in [4.69, 9.17) is 0 Å². The van der Waals surface area contributed by atoms with Crippen LogP contribution in [0, 0.1) is 19.3 Å². The summed E-state index contributed by atoms with van der Waals surface area (Å²) in [5.41, 5.74) is 4.52. The van der Waals surface area contributed by atoms with Crippen molar-refractivity contribution in [3.63, 3.8) is 0 Å². The van der Waals surface area contributed by atoms with Crippen LogP contribution in [0.1, 0.15) is 38.8 Å². The monoisotopic (exact) mass is 260 g/mol. The van der Waals surface area contributed by atoms with Crippen LogP contribution in [0.5, 0.6) is 0 Å². The summed E-state index contributed by atoms with van der Waals surface area (Å²) < 4.78 is 0. The number of nitrogens with one attached hydrogen (secondary N) is 1. The summed E-state index contributed by atoms with van der Waals surface area (Å²) in [5.74, 6) is 0. The first-order chi connectivity index (χ1) is 8.67. The van der Waals surface area contributed by atoms with Gasteiger partial charge in [0.25, 0.3) is 0 Å². The molecular formula is C17H28N2. The molecule has 1 N–H and O–H groups in total. The highest BCUT2D eigenvalue weighted by Crippen LogP contribution is 2.28. The van der Waals surface area contributed by atoms with Crippen molar-refractivity contribution in [3.8, 4) is 0 Å². The molecule has 2 rings (SSSR count). The smallest absolute Gasteiger partial charge is 0.0372 e. The van der Waals surface area contributed by atoms with Gasteiger partial charge in [-0.2, -0.15) is 0 Å². The third-order valence-electron chi connectivity index (χ3n) is 3.82. The van der Waals surface area contributed by atoms with Gasteiger partial charge in [0.2, 0.25) is 0 Å². The molecule has 0 atom stereocenters. The zero-order valence-electron chi connectivity index (χ0n) is 13.3. The fourth-order valence-corrected chi connectivity index (χ4v) is 2.96. The number of hydrogen-bond acceptors (Lipinski definition) is 2. The average Bonchev–Trinajstić information content (AvgIpc) is 2.34. The van der Waals surface area contributed by atoms with E-state index in [1.807, 2.05) is 0 Å². The van der Waals surface area contributed by atoms with Gasteiger partial charge in [-0.05, 0) is 56.4 Å². The number of anilines is 1. The molecule has 2 heteroatoms. The zero-order valence-corrected chi connectivity index (χ0v) is 13.3. The molecule has 0 aromatic heterocycles. The van der Waals surface area contributed by atoms with Crippen LogP contribution in [-0.4, -0.2) is 25.2 Å². The molecule has 1 heterocycles. The van der Waals surface area contributed by atoms with Gasteiger partial charge < -0.3 is 10.2 Å². The summed E-state index contributed by atoms with van der Waals surface area (Å²) in [6.07, 6.45) is 0. The second kappa shape index (κ2) is 4.82. The molecule has 1 fully saturated rings. The number of nitrogens with zero attached hydrogens (tertiary/aromatic N) is 1. The maximum Gasteiger partial charge on any atom is 0.0372 e. The van der Waals surface area contributed by atoms with Crippen LogP contribution in [0.4, 0.5) is 5.69 Å². The highest BCUT2D eigenvalue weighted by molar-refractivity contribution is 5.51. The van der Waals surface area contributed by atoms with E-state index in [2.05, 4.69) is 70.0 Å². The second-order valence-electron chi connectivity index (χ2n) is 7.60. The molecule has 0 saturated carbocycles. The molecule has 1 aromatic rings. The van der Waals surface area contributed by atoms with E-state index >= 15 is 0 Å². The van der Waals surface area contributed by atoms with Crippen molar-refractivity contribution in [2.45, 2.75) is 47.1 Å². The SMILES string of the molecule is Cc1cc(C)cc(N2CC(C)(C)CNC(C)(C)C2)c1. The summed E-state index contributed by atoms with van der Waals surface area (Å²) in [4.78, 5) is 2.54. The number of benzene rings is 1. The third kappa shape index (κ3) is 3.73. The molecule has 0 radical (unpaired) electrons. The lowest BCUT2D eigenvalue weighted by Crippen LogP contribution is -2.46. The molecule has 0 unspecified atom stereocenters. The molecule has 0 spiro atoms. The van der Waals surface area contributed by atoms with Gasteiger partial charge in [-0.3, -0.25) is 0 Å². The van der Waals surface area contributed by atoms with Crippen LogP contribution in [0.15, 0.2) is 18.2 Å². The predicted octanol–water partition coefficient (Wildman–Crippen LogP) is 3.52. The minimum Gasteiger partial charge on any atom is -0.369 e. The quantitative estimate of drug-likeness (QED) is 0.831. The Hall–Kier alpha value is -1.02. The Bertz CT molecular complexity index is 422. The lowest BCUT2D eigenvalue weighted by Gasteiger charge is -2.33. The van der Waals surface area contributed by atoms with E-state index in [0.717, 1.165) is 19.6 Å². The van der Waals surface area contributed by atoms with E-state index in [1.165, 1.54) is 16.8 Å². The number of hydrogen-bond donors (Lipinski definition) is 1. The van der Waals surface area contributed by atoms with Crippen molar-refractivity contribution < 1.29 is 0 Å². The van der Waals surface area contributed by atoms with E-state index < -0.39 is 0 Å². The van der Waals surface area contributed by atoms with Crippen molar-refractivity contribution in [2.75, 3.05) is 24.5 Å². The largest absolute Gasteiger partial charge is 0.369 e. The summed E-state index contributed by atoms with van der Waals surface area (Å²) in [6, 6.07) is 6.87. The lowest BCUT2D eigenvalue weighted by molar-refractivity contribution is 0.332. The van der Waals surface area contributed by atoms with Crippen LogP contribution in [0.25, 0.3) is 0 Å². The molecule has 1 aromatic carbocycles. The molecule has 0 bridgehead atoms. The maximum absolute atomic E-state index is 3.70. The maximum atomic E-state index is 3.70. The van der Waals surface area contributed by atoms with Crippen LogP contribution >= 0.6 is 0 Å².